The molecule has 2 heterocycles. The van der Waals surface area contributed by atoms with Gasteiger partial charge in [-0.05, 0) is 44.4 Å². The van der Waals surface area contributed by atoms with E-state index < -0.39 is 0 Å². The first-order valence-electron chi connectivity index (χ1n) is 6.72. The van der Waals surface area contributed by atoms with Gasteiger partial charge in [0.15, 0.2) is 10.6 Å². The average Bonchev–Trinajstić information content (AvgIpc) is 2.78. The molecule has 0 aliphatic heterocycles. The summed E-state index contributed by atoms with van der Waals surface area (Å²) in [7, 11) is 4.15. The number of aromatic nitrogens is 4. The van der Waals surface area contributed by atoms with E-state index in [0.29, 0.717) is 10.7 Å². The Labute approximate surface area is 124 Å². The molecule has 20 heavy (non-hydrogen) atoms. The van der Waals surface area contributed by atoms with Crippen LogP contribution in [0.2, 0.25) is 0 Å². The van der Waals surface area contributed by atoms with E-state index in [1.165, 1.54) is 0 Å². The summed E-state index contributed by atoms with van der Waals surface area (Å²) in [5.41, 5.74) is 1.02. The largest absolute Gasteiger partial charge is 0.307 e. The maximum Gasteiger partial charge on any atom is 0.195 e. The van der Waals surface area contributed by atoms with Gasteiger partial charge in [0, 0.05) is 24.5 Å². The number of likely N-dealkylation sites (N-methyl/N-ethyl adjacent to an activating group) is 1. The van der Waals surface area contributed by atoms with Crippen LogP contribution in [-0.2, 0) is 0 Å². The fourth-order valence-electron chi connectivity index (χ4n) is 2.28. The summed E-state index contributed by atoms with van der Waals surface area (Å²) in [6, 6.07) is 4.18. The van der Waals surface area contributed by atoms with Crippen LogP contribution in [-0.4, -0.2) is 45.3 Å². The Morgan fingerprint density at radius 3 is 2.50 bits per heavy atom. The Morgan fingerprint density at radius 2 is 1.95 bits per heavy atom. The van der Waals surface area contributed by atoms with Crippen LogP contribution in [0.25, 0.3) is 11.4 Å². The van der Waals surface area contributed by atoms with Gasteiger partial charge in [0.05, 0.1) is 6.04 Å². The Hall–Kier alpha value is -1.53. The van der Waals surface area contributed by atoms with Gasteiger partial charge in [-0.15, -0.1) is 0 Å². The predicted molar refractivity (Wildman–Crippen MR) is 83.1 cm³/mol. The highest BCUT2D eigenvalue weighted by Crippen LogP contribution is 2.25. The van der Waals surface area contributed by atoms with Gasteiger partial charge in [-0.25, -0.2) is 0 Å². The average molecular weight is 291 g/mol. The lowest BCUT2D eigenvalue weighted by Gasteiger charge is -2.26. The third kappa shape index (κ3) is 3.13. The summed E-state index contributed by atoms with van der Waals surface area (Å²) >= 11 is 5.43. The molecule has 0 aromatic carbocycles. The van der Waals surface area contributed by atoms with Gasteiger partial charge in [0.2, 0.25) is 0 Å². The highest BCUT2D eigenvalue weighted by Gasteiger charge is 2.21. The van der Waals surface area contributed by atoms with Gasteiger partial charge in [-0.2, -0.15) is 5.10 Å². The Kier molecular flexibility index (Phi) is 4.67. The Bertz CT molecular complexity index is 600. The molecular formula is C14H21N5S. The van der Waals surface area contributed by atoms with E-state index >= 15 is 0 Å². The van der Waals surface area contributed by atoms with Crippen LogP contribution in [0.1, 0.15) is 19.9 Å². The molecule has 2 aromatic rings. The lowest BCUT2D eigenvalue weighted by molar-refractivity contribution is 0.269. The molecule has 5 nitrogen and oxygen atoms in total. The number of aromatic amines is 1. The molecule has 0 fully saturated rings. The lowest BCUT2D eigenvalue weighted by atomic mass is 10.0. The van der Waals surface area contributed by atoms with Crippen LogP contribution in [0.15, 0.2) is 24.5 Å². The molecule has 1 atom stereocenters. The quantitative estimate of drug-likeness (QED) is 0.861. The van der Waals surface area contributed by atoms with Gasteiger partial charge in [0.25, 0.3) is 0 Å². The molecule has 0 spiro atoms. The topological polar surface area (TPSA) is 49.7 Å². The first-order chi connectivity index (χ1) is 9.50. The number of hydrogen-bond acceptors (Lipinski definition) is 4. The van der Waals surface area contributed by atoms with E-state index in [1.807, 2.05) is 12.1 Å². The molecule has 6 heteroatoms. The van der Waals surface area contributed by atoms with Crippen LogP contribution in [0, 0.1) is 10.7 Å². The second kappa shape index (κ2) is 6.28. The van der Waals surface area contributed by atoms with Crippen molar-refractivity contribution in [3.63, 3.8) is 0 Å². The van der Waals surface area contributed by atoms with Crippen molar-refractivity contribution in [1.82, 2.24) is 24.6 Å². The zero-order valence-corrected chi connectivity index (χ0v) is 13.2. The summed E-state index contributed by atoms with van der Waals surface area (Å²) in [5, 5.41) is 7.32. The monoisotopic (exact) mass is 291 g/mol. The predicted octanol–water partition coefficient (Wildman–Crippen LogP) is 2.76. The maximum absolute atomic E-state index is 5.43. The second-order valence-electron chi connectivity index (χ2n) is 5.53. The fourth-order valence-corrected chi connectivity index (χ4v) is 2.55. The highest BCUT2D eigenvalue weighted by molar-refractivity contribution is 7.71. The van der Waals surface area contributed by atoms with Gasteiger partial charge < -0.3 is 4.90 Å². The number of rotatable bonds is 5. The Morgan fingerprint density at radius 1 is 1.30 bits per heavy atom. The summed E-state index contributed by atoms with van der Waals surface area (Å²) in [5.74, 6) is 1.33. The first kappa shape index (κ1) is 14.9. The molecule has 1 N–H and O–H groups in total. The minimum Gasteiger partial charge on any atom is -0.307 e. The minimum atomic E-state index is 0.277. The third-order valence-corrected chi connectivity index (χ3v) is 3.58. The van der Waals surface area contributed by atoms with Crippen molar-refractivity contribution in [2.75, 3.05) is 20.6 Å². The first-order valence-corrected chi connectivity index (χ1v) is 7.13. The van der Waals surface area contributed by atoms with Gasteiger partial charge in [-0.3, -0.25) is 14.6 Å². The fraction of sp³-hybridized carbons (Fsp3) is 0.500. The molecule has 0 aliphatic carbocycles. The van der Waals surface area contributed by atoms with Gasteiger partial charge >= 0.3 is 0 Å². The van der Waals surface area contributed by atoms with Crippen LogP contribution >= 0.6 is 12.2 Å². The number of nitrogens with zero attached hydrogens (tertiary/aromatic N) is 4. The van der Waals surface area contributed by atoms with Crippen molar-refractivity contribution < 1.29 is 0 Å². The molecule has 0 saturated carbocycles. The molecular weight excluding hydrogens is 270 g/mol. The summed E-state index contributed by atoms with van der Waals surface area (Å²) in [6.07, 6.45) is 3.54. The zero-order valence-electron chi connectivity index (χ0n) is 12.4. The van der Waals surface area contributed by atoms with Crippen molar-refractivity contribution in [1.29, 1.82) is 0 Å². The Balaban J connectivity index is 2.50. The summed E-state index contributed by atoms with van der Waals surface area (Å²) in [6.45, 7) is 5.34. The van der Waals surface area contributed by atoms with Crippen molar-refractivity contribution in [3.05, 3.63) is 29.3 Å². The van der Waals surface area contributed by atoms with Gasteiger partial charge in [-0.1, -0.05) is 13.8 Å². The molecule has 1 unspecified atom stereocenters. The van der Waals surface area contributed by atoms with E-state index in [0.717, 1.165) is 17.9 Å². The standard InChI is InChI=1S/C14H21N5S/c1-10(2)12(9-18(3)4)19-13(16-17-14(19)20)11-5-7-15-8-6-11/h5-8,10,12H,9H2,1-4H3,(H,17,20). The third-order valence-electron chi connectivity index (χ3n) is 3.30. The van der Waals surface area contributed by atoms with Crippen LogP contribution in [0.4, 0.5) is 0 Å². The van der Waals surface area contributed by atoms with E-state index in [-0.39, 0.29) is 6.04 Å². The molecule has 2 rings (SSSR count). The smallest absolute Gasteiger partial charge is 0.195 e. The summed E-state index contributed by atoms with van der Waals surface area (Å²) < 4.78 is 2.78. The van der Waals surface area contributed by atoms with Crippen molar-refractivity contribution in [3.8, 4) is 11.4 Å². The molecule has 108 valence electrons. The number of hydrogen-bond donors (Lipinski definition) is 1. The van der Waals surface area contributed by atoms with Crippen molar-refractivity contribution in [2.45, 2.75) is 19.9 Å². The van der Waals surface area contributed by atoms with Crippen LogP contribution in [0.5, 0.6) is 0 Å². The van der Waals surface area contributed by atoms with Crippen molar-refractivity contribution in [2.24, 2.45) is 5.92 Å². The lowest BCUT2D eigenvalue weighted by Crippen LogP contribution is -2.28. The van der Waals surface area contributed by atoms with E-state index in [4.69, 9.17) is 12.2 Å². The zero-order chi connectivity index (χ0) is 14.7. The molecule has 2 aromatic heterocycles. The van der Waals surface area contributed by atoms with E-state index in [9.17, 15) is 0 Å². The van der Waals surface area contributed by atoms with E-state index in [2.05, 4.69) is 52.6 Å². The summed E-state index contributed by atoms with van der Waals surface area (Å²) in [4.78, 5) is 6.23. The maximum atomic E-state index is 5.43. The minimum absolute atomic E-state index is 0.277. The van der Waals surface area contributed by atoms with Crippen LogP contribution < -0.4 is 0 Å². The number of H-pyrrole nitrogens is 1. The number of nitrogens with one attached hydrogen (secondary N) is 1. The normalized spacial score (nSPS) is 13.1. The molecule has 0 aliphatic rings. The second-order valence-corrected chi connectivity index (χ2v) is 5.92. The molecule has 0 bridgehead atoms. The highest BCUT2D eigenvalue weighted by atomic mass is 32.1. The molecule has 0 radical (unpaired) electrons. The molecule has 0 amide bonds. The van der Waals surface area contributed by atoms with E-state index in [1.54, 1.807) is 12.4 Å². The van der Waals surface area contributed by atoms with Crippen LogP contribution in [0.3, 0.4) is 0 Å². The van der Waals surface area contributed by atoms with Crippen molar-refractivity contribution >= 4 is 12.2 Å². The van der Waals surface area contributed by atoms with Gasteiger partial charge in [0.1, 0.15) is 0 Å². The molecule has 0 saturated heterocycles. The SMILES string of the molecule is CC(C)C(CN(C)C)n1c(-c2ccncc2)n[nH]c1=S. The number of pyridine rings is 1.